The lowest BCUT2D eigenvalue weighted by Gasteiger charge is -2.13. The molecule has 0 saturated carbocycles. The van der Waals surface area contributed by atoms with E-state index < -0.39 is 12.0 Å². The molecule has 5 heteroatoms. The second-order valence-corrected chi connectivity index (χ2v) is 4.20. The molecule has 5 nitrogen and oxygen atoms in total. The smallest absolute Gasteiger partial charge is 0.321 e. The zero-order chi connectivity index (χ0) is 13.0. The topological polar surface area (TPSA) is 91.1 Å². The Hall–Kier alpha value is -1.85. The fraction of sp³-hybridized carbons (Fsp3) is 0.308. The Balaban J connectivity index is 2.18. The third-order valence-electron chi connectivity index (χ3n) is 2.93. The highest BCUT2D eigenvalue weighted by molar-refractivity contribution is 5.84. The maximum absolute atomic E-state index is 11.2. The number of carboxylic acids is 1. The molecule has 0 fully saturated rings. The number of para-hydroxylation sites is 1. The van der Waals surface area contributed by atoms with Crippen molar-refractivity contribution in [2.75, 3.05) is 13.1 Å². The lowest BCUT2D eigenvalue weighted by Crippen LogP contribution is -2.40. The molecule has 0 aliphatic rings. The van der Waals surface area contributed by atoms with E-state index in [-0.39, 0.29) is 0 Å². The molecule has 5 N–H and O–H groups in total. The molecule has 1 atom stereocenters. The minimum Gasteiger partial charge on any atom is -0.480 e. The predicted molar refractivity (Wildman–Crippen MR) is 70.5 cm³/mol. The third-order valence-corrected chi connectivity index (χ3v) is 2.93. The average Bonchev–Trinajstić information content (AvgIpc) is 2.77. The van der Waals surface area contributed by atoms with Gasteiger partial charge in [-0.15, -0.1) is 0 Å². The summed E-state index contributed by atoms with van der Waals surface area (Å²) in [5.74, 6) is -0.853. The summed E-state index contributed by atoms with van der Waals surface area (Å²) < 4.78 is 0. The number of nitrogens with one attached hydrogen (secondary N) is 2. The Morgan fingerprint density at radius 3 is 2.94 bits per heavy atom. The van der Waals surface area contributed by atoms with Gasteiger partial charge in [0, 0.05) is 36.6 Å². The van der Waals surface area contributed by atoms with E-state index in [0.29, 0.717) is 19.5 Å². The molecule has 0 radical (unpaired) electrons. The number of carbonyl (C=O) groups is 1. The Morgan fingerprint density at radius 2 is 2.22 bits per heavy atom. The molecule has 0 saturated heterocycles. The van der Waals surface area contributed by atoms with E-state index in [1.165, 1.54) is 0 Å². The maximum atomic E-state index is 11.2. The van der Waals surface area contributed by atoms with Crippen molar-refractivity contribution in [2.45, 2.75) is 12.5 Å². The molecule has 0 aliphatic heterocycles. The second kappa shape index (κ2) is 5.66. The monoisotopic (exact) mass is 247 g/mol. The molecule has 0 spiro atoms. The van der Waals surface area contributed by atoms with Gasteiger partial charge in [0.1, 0.15) is 6.04 Å². The van der Waals surface area contributed by atoms with Crippen molar-refractivity contribution in [1.29, 1.82) is 0 Å². The molecule has 2 aromatic rings. The van der Waals surface area contributed by atoms with Crippen LogP contribution in [0, 0.1) is 0 Å². The quantitative estimate of drug-likeness (QED) is 0.605. The van der Waals surface area contributed by atoms with Crippen LogP contribution >= 0.6 is 0 Å². The van der Waals surface area contributed by atoms with Gasteiger partial charge in [-0.3, -0.25) is 4.79 Å². The van der Waals surface area contributed by atoms with Crippen LogP contribution < -0.4 is 11.1 Å². The number of H-pyrrole nitrogens is 1. The minimum atomic E-state index is -0.853. The number of fused-ring (bicyclic) bond motifs is 1. The molecule has 2 rings (SSSR count). The normalized spacial score (nSPS) is 12.7. The number of carboxylic acid groups (broad SMARTS) is 1. The zero-order valence-electron chi connectivity index (χ0n) is 10.0. The zero-order valence-corrected chi connectivity index (χ0v) is 10.0. The van der Waals surface area contributed by atoms with Crippen LogP contribution in [0.5, 0.6) is 0 Å². The molecule has 0 aliphatic carbocycles. The first kappa shape index (κ1) is 12.6. The van der Waals surface area contributed by atoms with Crippen LogP contribution in [0.1, 0.15) is 5.56 Å². The molecule has 1 aromatic carbocycles. The number of nitrogens with two attached hydrogens (primary N) is 1. The SMILES string of the molecule is NCCNC(Cc1c[nH]c2ccccc12)C(=O)O. The molecule has 96 valence electrons. The molecule has 1 unspecified atom stereocenters. The van der Waals surface area contributed by atoms with Crippen LogP contribution in [0.25, 0.3) is 10.9 Å². The predicted octanol–water partition coefficient (Wildman–Crippen LogP) is 0.712. The number of hydrogen-bond acceptors (Lipinski definition) is 3. The third kappa shape index (κ3) is 2.69. The van der Waals surface area contributed by atoms with E-state index in [1.54, 1.807) is 0 Å². The van der Waals surface area contributed by atoms with Gasteiger partial charge in [-0.25, -0.2) is 0 Å². The van der Waals surface area contributed by atoms with Crippen LogP contribution in [0.2, 0.25) is 0 Å². The summed E-state index contributed by atoms with van der Waals surface area (Å²) in [5.41, 5.74) is 7.41. The largest absolute Gasteiger partial charge is 0.480 e. The fourth-order valence-electron chi connectivity index (χ4n) is 2.02. The van der Waals surface area contributed by atoms with Gasteiger partial charge < -0.3 is 21.1 Å². The summed E-state index contributed by atoms with van der Waals surface area (Å²) >= 11 is 0. The van der Waals surface area contributed by atoms with Crippen LogP contribution in [-0.4, -0.2) is 35.2 Å². The molecule has 0 amide bonds. The number of aliphatic carboxylic acids is 1. The Morgan fingerprint density at radius 1 is 1.44 bits per heavy atom. The summed E-state index contributed by atoms with van der Waals surface area (Å²) in [6.45, 7) is 0.928. The summed E-state index contributed by atoms with van der Waals surface area (Å²) in [6, 6.07) is 7.25. The summed E-state index contributed by atoms with van der Waals surface area (Å²) in [5, 5.41) is 13.2. The van der Waals surface area contributed by atoms with E-state index in [0.717, 1.165) is 16.5 Å². The van der Waals surface area contributed by atoms with E-state index >= 15 is 0 Å². The summed E-state index contributed by atoms with van der Waals surface area (Å²) in [4.78, 5) is 14.3. The van der Waals surface area contributed by atoms with Gasteiger partial charge in [0.05, 0.1) is 0 Å². The molecule has 0 bridgehead atoms. The van der Waals surface area contributed by atoms with E-state index in [1.807, 2.05) is 30.5 Å². The van der Waals surface area contributed by atoms with E-state index in [2.05, 4.69) is 10.3 Å². The Bertz CT molecular complexity index is 536. The van der Waals surface area contributed by atoms with Crippen molar-refractivity contribution in [3.05, 3.63) is 36.0 Å². The van der Waals surface area contributed by atoms with Gasteiger partial charge in [-0.2, -0.15) is 0 Å². The van der Waals surface area contributed by atoms with Crippen molar-refractivity contribution in [2.24, 2.45) is 5.73 Å². The van der Waals surface area contributed by atoms with Gasteiger partial charge in [0.2, 0.25) is 0 Å². The van der Waals surface area contributed by atoms with Gasteiger partial charge in [0.15, 0.2) is 0 Å². The Kier molecular flexibility index (Phi) is 3.96. The molecular formula is C13H17N3O2. The molecule has 1 aromatic heterocycles. The molecule has 18 heavy (non-hydrogen) atoms. The highest BCUT2D eigenvalue weighted by atomic mass is 16.4. The number of benzene rings is 1. The standard InChI is InChI=1S/C13H17N3O2/c14-5-6-15-12(13(17)18)7-9-8-16-11-4-2-1-3-10(9)11/h1-4,8,12,15-16H,5-7,14H2,(H,17,18). The number of rotatable bonds is 6. The molecular weight excluding hydrogens is 230 g/mol. The van der Waals surface area contributed by atoms with Gasteiger partial charge in [0.25, 0.3) is 0 Å². The first-order valence-corrected chi connectivity index (χ1v) is 5.93. The number of aromatic nitrogens is 1. The van der Waals surface area contributed by atoms with E-state index in [9.17, 15) is 4.79 Å². The number of hydrogen-bond donors (Lipinski definition) is 4. The Labute approximate surface area is 105 Å². The molecule has 1 heterocycles. The lowest BCUT2D eigenvalue weighted by molar-refractivity contribution is -0.139. The fourth-order valence-corrected chi connectivity index (χ4v) is 2.02. The van der Waals surface area contributed by atoms with Crippen LogP contribution in [0.3, 0.4) is 0 Å². The van der Waals surface area contributed by atoms with Crippen LogP contribution in [0.15, 0.2) is 30.5 Å². The van der Waals surface area contributed by atoms with E-state index in [4.69, 9.17) is 10.8 Å². The van der Waals surface area contributed by atoms with Gasteiger partial charge in [-0.1, -0.05) is 18.2 Å². The van der Waals surface area contributed by atoms with Crippen molar-refractivity contribution in [3.8, 4) is 0 Å². The maximum Gasteiger partial charge on any atom is 0.321 e. The summed E-state index contributed by atoms with van der Waals surface area (Å²) in [6.07, 6.45) is 2.31. The highest BCUT2D eigenvalue weighted by Crippen LogP contribution is 2.19. The van der Waals surface area contributed by atoms with Crippen LogP contribution in [-0.2, 0) is 11.2 Å². The van der Waals surface area contributed by atoms with Gasteiger partial charge >= 0.3 is 5.97 Å². The average molecular weight is 247 g/mol. The lowest BCUT2D eigenvalue weighted by atomic mass is 10.1. The van der Waals surface area contributed by atoms with Crippen molar-refractivity contribution < 1.29 is 9.90 Å². The number of aromatic amines is 1. The summed E-state index contributed by atoms with van der Waals surface area (Å²) in [7, 11) is 0. The van der Waals surface area contributed by atoms with Crippen molar-refractivity contribution in [1.82, 2.24) is 10.3 Å². The first-order chi connectivity index (χ1) is 8.72. The van der Waals surface area contributed by atoms with Gasteiger partial charge in [-0.05, 0) is 11.6 Å². The highest BCUT2D eigenvalue weighted by Gasteiger charge is 2.18. The minimum absolute atomic E-state index is 0.428. The first-order valence-electron chi connectivity index (χ1n) is 5.93. The van der Waals surface area contributed by atoms with Crippen LogP contribution in [0.4, 0.5) is 0 Å². The van der Waals surface area contributed by atoms with Crippen molar-refractivity contribution in [3.63, 3.8) is 0 Å². The second-order valence-electron chi connectivity index (χ2n) is 4.20. The van der Waals surface area contributed by atoms with Crippen molar-refractivity contribution >= 4 is 16.9 Å².